The summed E-state index contributed by atoms with van der Waals surface area (Å²) in [6, 6.07) is 15.8. The summed E-state index contributed by atoms with van der Waals surface area (Å²) in [5.41, 5.74) is 0.841. The normalized spacial score (nSPS) is 15.5. The number of aryl methyl sites for hydroxylation is 1. The van der Waals surface area contributed by atoms with Gasteiger partial charge in [0.25, 0.3) is 11.1 Å². The molecule has 0 fully saturated rings. The number of rotatable bonds is 6. The summed E-state index contributed by atoms with van der Waals surface area (Å²) in [6.45, 7) is 2.84. The molecule has 7 nitrogen and oxygen atoms in total. The van der Waals surface area contributed by atoms with Gasteiger partial charge in [0, 0.05) is 0 Å². The number of carboxylic acids is 1. The van der Waals surface area contributed by atoms with Crippen LogP contribution in [0.4, 0.5) is 0 Å². The second-order valence-corrected chi connectivity index (χ2v) is 8.80. The quantitative estimate of drug-likeness (QED) is 0.584. The van der Waals surface area contributed by atoms with Gasteiger partial charge in [-0.25, -0.2) is 9.78 Å². The van der Waals surface area contributed by atoms with E-state index in [1.54, 1.807) is 6.07 Å². The largest absolute Gasteiger partial charge is 0.485 e. The van der Waals surface area contributed by atoms with Crippen LogP contribution in [-0.2, 0) is 11.2 Å². The highest BCUT2D eigenvalue weighted by Crippen LogP contribution is 2.38. The molecule has 1 aromatic heterocycles. The van der Waals surface area contributed by atoms with Crippen LogP contribution in [0.2, 0.25) is 0 Å². The van der Waals surface area contributed by atoms with Crippen LogP contribution in [0.25, 0.3) is 0 Å². The van der Waals surface area contributed by atoms with Gasteiger partial charge < -0.3 is 19.9 Å². The van der Waals surface area contributed by atoms with Crippen LogP contribution in [0, 0.1) is 0 Å². The molecule has 1 atom stereocenters. The lowest BCUT2D eigenvalue weighted by atomic mass is 9.97. The second kappa shape index (κ2) is 8.39. The molecule has 31 heavy (non-hydrogen) atoms. The van der Waals surface area contributed by atoms with Gasteiger partial charge in [-0.05, 0) is 56.0 Å². The fraction of sp³-hybridized carbons (Fsp3) is 0.261. The Labute approximate surface area is 183 Å². The third-order valence-electron chi connectivity index (χ3n) is 5.02. The SMILES string of the molecule is CC(C)(NC(=O)c1cnc(Oc2ccc3c(c2)CCC(c2ccccc2)O3)s1)C(=O)O. The molecule has 160 valence electrons. The topological polar surface area (TPSA) is 97.8 Å². The summed E-state index contributed by atoms with van der Waals surface area (Å²) in [5, 5.41) is 11.9. The lowest BCUT2D eigenvalue weighted by molar-refractivity contribution is -0.143. The maximum atomic E-state index is 12.3. The molecule has 4 rings (SSSR count). The highest BCUT2D eigenvalue weighted by molar-refractivity contribution is 7.15. The number of benzene rings is 2. The van der Waals surface area contributed by atoms with Crippen LogP contribution in [0.5, 0.6) is 16.7 Å². The van der Waals surface area contributed by atoms with Crippen molar-refractivity contribution in [3.8, 4) is 16.7 Å². The van der Waals surface area contributed by atoms with Gasteiger partial charge in [0.15, 0.2) is 0 Å². The number of nitrogens with one attached hydrogen (secondary N) is 1. The van der Waals surface area contributed by atoms with E-state index in [0.29, 0.717) is 10.9 Å². The van der Waals surface area contributed by atoms with Crippen molar-refractivity contribution in [1.29, 1.82) is 0 Å². The maximum Gasteiger partial charge on any atom is 0.328 e. The van der Waals surface area contributed by atoms with E-state index in [-0.39, 0.29) is 11.0 Å². The van der Waals surface area contributed by atoms with E-state index < -0.39 is 17.4 Å². The van der Waals surface area contributed by atoms with Crippen LogP contribution < -0.4 is 14.8 Å². The third kappa shape index (κ3) is 4.69. The summed E-state index contributed by atoms with van der Waals surface area (Å²) >= 11 is 1.05. The Kier molecular flexibility index (Phi) is 5.65. The highest BCUT2D eigenvalue weighted by atomic mass is 32.1. The van der Waals surface area contributed by atoms with Crippen molar-refractivity contribution in [2.24, 2.45) is 0 Å². The molecule has 8 heteroatoms. The van der Waals surface area contributed by atoms with E-state index >= 15 is 0 Å². The van der Waals surface area contributed by atoms with Crippen molar-refractivity contribution in [3.63, 3.8) is 0 Å². The summed E-state index contributed by atoms with van der Waals surface area (Å²) in [5.74, 6) is -0.187. The Morgan fingerprint density at radius 1 is 1.23 bits per heavy atom. The molecule has 0 aliphatic carbocycles. The third-order valence-corrected chi connectivity index (χ3v) is 5.90. The second-order valence-electron chi connectivity index (χ2n) is 7.80. The van der Waals surface area contributed by atoms with E-state index in [0.717, 1.165) is 41.1 Å². The first kappa shape index (κ1) is 20.9. The number of carboxylic acid groups (broad SMARTS) is 1. The average Bonchev–Trinajstić information content (AvgIpc) is 3.22. The lowest BCUT2D eigenvalue weighted by Gasteiger charge is -2.26. The molecular weight excluding hydrogens is 416 g/mol. The number of carbonyl (C=O) groups is 2. The maximum absolute atomic E-state index is 12.3. The van der Waals surface area contributed by atoms with Gasteiger partial charge in [-0.2, -0.15) is 0 Å². The van der Waals surface area contributed by atoms with Gasteiger partial charge in [-0.15, -0.1) is 0 Å². The Bertz CT molecular complexity index is 1110. The average molecular weight is 439 g/mol. The van der Waals surface area contributed by atoms with E-state index in [9.17, 15) is 9.59 Å². The number of hydrogen-bond acceptors (Lipinski definition) is 6. The van der Waals surface area contributed by atoms with Gasteiger partial charge in [0.05, 0.1) is 6.20 Å². The summed E-state index contributed by atoms with van der Waals surface area (Å²) in [7, 11) is 0. The summed E-state index contributed by atoms with van der Waals surface area (Å²) < 4.78 is 12.0. The summed E-state index contributed by atoms with van der Waals surface area (Å²) in [4.78, 5) is 27.9. The zero-order chi connectivity index (χ0) is 22.0. The van der Waals surface area contributed by atoms with Crippen LogP contribution in [0.15, 0.2) is 54.7 Å². The fourth-order valence-electron chi connectivity index (χ4n) is 3.24. The van der Waals surface area contributed by atoms with E-state index in [2.05, 4.69) is 22.4 Å². The first-order chi connectivity index (χ1) is 14.8. The van der Waals surface area contributed by atoms with E-state index in [1.165, 1.54) is 20.0 Å². The molecule has 0 spiro atoms. The molecular formula is C23H22N2O5S. The van der Waals surface area contributed by atoms with Gasteiger partial charge in [0.1, 0.15) is 28.0 Å². The van der Waals surface area contributed by atoms with Crippen LogP contribution in [0.3, 0.4) is 0 Å². The Morgan fingerprint density at radius 3 is 2.74 bits per heavy atom. The van der Waals surface area contributed by atoms with Crippen molar-refractivity contribution in [3.05, 3.63) is 70.7 Å². The van der Waals surface area contributed by atoms with Crippen LogP contribution in [-0.4, -0.2) is 27.5 Å². The number of thiazole rings is 1. The van der Waals surface area contributed by atoms with Gasteiger partial charge in [0.2, 0.25) is 0 Å². The molecule has 2 N–H and O–H groups in total. The molecule has 1 aliphatic heterocycles. The number of ether oxygens (including phenoxy) is 2. The predicted octanol–water partition coefficient (Wildman–Crippen LogP) is 4.59. The Balaban J connectivity index is 1.42. The minimum atomic E-state index is -1.38. The molecule has 1 unspecified atom stereocenters. The predicted molar refractivity (Wildman–Crippen MR) is 116 cm³/mol. The highest BCUT2D eigenvalue weighted by Gasteiger charge is 2.30. The van der Waals surface area contributed by atoms with Gasteiger partial charge in [-0.3, -0.25) is 4.79 Å². The summed E-state index contributed by atoms with van der Waals surface area (Å²) in [6.07, 6.45) is 3.15. The zero-order valence-corrected chi connectivity index (χ0v) is 17.9. The molecule has 0 radical (unpaired) electrons. The van der Waals surface area contributed by atoms with E-state index in [4.69, 9.17) is 14.6 Å². The fourth-order valence-corrected chi connectivity index (χ4v) is 3.92. The standard InChI is InChI=1S/C23H22N2O5S/c1-23(2,21(27)28)25-20(26)19-13-24-22(31-19)29-16-9-11-18-15(12-16)8-10-17(30-18)14-6-4-3-5-7-14/h3-7,9,11-13,17H,8,10H2,1-2H3,(H,25,26)(H,27,28). The van der Waals surface area contributed by atoms with Crippen molar-refractivity contribution < 1.29 is 24.2 Å². The zero-order valence-electron chi connectivity index (χ0n) is 17.1. The number of carbonyl (C=O) groups excluding carboxylic acids is 1. The van der Waals surface area contributed by atoms with Crippen LogP contribution in [0.1, 0.15) is 47.2 Å². The minimum Gasteiger partial charge on any atom is -0.485 e. The Morgan fingerprint density at radius 2 is 2.00 bits per heavy atom. The monoisotopic (exact) mass is 438 g/mol. The molecule has 2 heterocycles. The first-order valence-corrected chi connectivity index (χ1v) is 10.7. The van der Waals surface area contributed by atoms with E-state index in [1.807, 2.05) is 30.3 Å². The number of fused-ring (bicyclic) bond motifs is 1. The molecule has 2 aromatic carbocycles. The number of hydrogen-bond donors (Lipinski definition) is 2. The number of nitrogens with zero attached hydrogens (tertiary/aromatic N) is 1. The van der Waals surface area contributed by atoms with Crippen molar-refractivity contribution in [2.75, 3.05) is 0 Å². The minimum absolute atomic E-state index is 0.0376. The van der Waals surface area contributed by atoms with Crippen molar-refractivity contribution in [2.45, 2.75) is 38.3 Å². The Hall–Kier alpha value is -3.39. The smallest absolute Gasteiger partial charge is 0.328 e. The van der Waals surface area contributed by atoms with Crippen LogP contribution >= 0.6 is 11.3 Å². The van der Waals surface area contributed by atoms with Crippen molar-refractivity contribution >= 4 is 23.2 Å². The molecule has 1 aliphatic rings. The molecule has 1 amide bonds. The lowest BCUT2D eigenvalue weighted by Crippen LogP contribution is -2.49. The first-order valence-electron chi connectivity index (χ1n) is 9.86. The molecule has 0 bridgehead atoms. The van der Waals surface area contributed by atoms with Crippen molar-refractivity contribution in [1.82, 2.24) is 10.3 Å². The number of aromatic nitrogens is 1. The number of amides is 1. The molecule has 3 aromatic rings. The molecule has 0 saturated heterocycles. The number of aliphatic carboxylic acids is 1. The van der Waals surface area contributed by atoms with Gasteiger partial charge in [-0.1, -0.05) is 41.7 Å². The molecule has 0 saturated carbocycles. The van der Waals surface area contributed by atoms with Gasteiger partial charge >= 0.3 is 5.97 Å².